The SMILES string of the molecule is CCNC(Cc1ccco1)c1ncc(C)cc1C. The van der Waals surface area contributed by atoms with Gasteiger partial charge in [-0.15, -0.1) is 0 Å². The Bertz CT molecular complexity index is 491. The summed E-state index contributed by atoms with van der Waals surface area (Å²) in [7, 11) is 0. The second-order valence-electron chi connectivity index (χ2n) is 4.61. The molecule has 2 rings (SSSR count). The number of likely N-dealkylation sites (N-methyl/N-ethyl adjacent to an activating group) is 1. The topological polar surface area (TPSA) is 38.1 Å². The largest absolute Gasteiger partial charge is 0.469 e. The lowest BCUT2D eigenvalue weighted by molar-refractivity contribution is 0.449. The molecule has 0 aliphatic rings. The predicted octanol–water partition coefficient (Wildman–Crippen LogP) is 3.18. The zero-order chi connectivity index (χ0) is 13.0. The Hall–Kier alpha value is -1.61. The van der Waals surface area contributed by atoms with Gasteiger partial charge in [0.1, 0.15) is 5.76 Å². The lowest BCUT2D eigenvalue weighted by Crippen LogP contribution is -2.24. The van der Waals surface area contributed by atoms with Crippen molar-refractivity contribution in [2.45, 2.75) is 33.2 Å². The summed E-state index contributed by atoms with van der Waals surface area (Å²) in [6.07, 6.45) is 4.47. The second kappa shape index (κ2) is 5.83. The van der Waals surface area contributed by atoms with Crippen LogP contribution in [0.1, 0.15) is 35.5 Å². The Balaban J connectivity index is 2.23. The van der Waals surface area contributed by atoms with E-state index < -0.39 is 0 Å². The number of hydrogen-bond acceptors (Lipinski definition) is 3. The Kier molecular flexibility index (Phi) is 4.15. The van der Waals surface area contributed by atoms with E-state index in [1.54, 1.807) is 6.26 Å². The highest BCUT2D eigenvalue weighted by Crippen LogP contribution is 2.20. The fourth-order valence-electron chi connectivity index (χ4n) is 2.23. The third-order valence-electron chi connectivity index (χ3n) is 3.02. The predicted molar refractivity (Wildman–Crippen MR) is 72.5 cm³/mol. The summed E-state index contributed by atoms with van der Waals surface area (Å²) >= 11 is 0. The minimum absolute atomic E-state index is 0.210. The smallest absolute Gasteiger partial charge is 0.105 e. The van der Waals surface area contributed by atoms with Crippen LogP contribution in [0.2, 0.25) is 0 Å². The summed E-state index contributed by atoms with van der Waals surface area (Å²) in [6, 6.07) is 6.32. The van der Waals surface area contributed by atoms with Gasteiger partial charge < -0.3 is 9.73 Å². The van der Waals surface area contributed by atoms with Crippen LogP contribution in [0.3, 0.4) is 0 Å². The molecule has 0 aliphatic carbocycles. The van der Waals surface area contributed by atoms with Crippen LogP contribution >= 0.6 is 0 Å². The average molecular weight is 244 g/mol. The van der Waals surface area contributed by atoms with E-state index in [4.69, 9.17) is 4.42 Å². The molecule has 0 aliphatic heterocycles. The number of pyridine rings is 1. The van der Waals surface area contributed by atoms with Crippen LogP contribution in [0.15, 0.2) is 35.1 Å². The summed E-state index contributed by atoms with van der Waals surface area (Å²) in [5.41, 5.74) is 3.54. The summed E-state index contributed by atoms with van der Waals surface area (Å²) < 4.78 is 5.43. The quantitative estimate of drug-likeness (QED) is 0.877. The third kappa shape index (κ3) is 2.99. The van der Waals surface area contributed by atoms with Gasteiger partial charge in [-0.2, -0.15) is 0 Å². The summed E-state index contributed by atoms with van der Waals surface area (Å²) in [5.74, 6) is 0.989. The maximum absolute atomic E-state index is 5.43. The molecule has 1 atom stereocenters. The van der Waals surface area contributed by atoms with Crippen LogP contribution < -0.4 is 5.32 Å². The van der Waals surface area contributed by atoms with Crippen molar-refractivity contribution in [1.29, 1.82) is 0 Å². The van der Waals surface area contributed by atoms with Gasteiger partial charge in [0, 0.05) is 12.6 Å². The molecule has 1 unspecified atom stereocenters. The van der Waals surface area contributed by atoms with E-state index in [-0.39, 0.29) is 6.04 Å². The molecule has 0 saturated carbocycles. The van der Waals surface area contributed by atoms with Crippen molar-refractivity contribution in [3.63, 3.8) is 0 Å². The molecule has 0 aromatic carbocycles. The van der Waals surface area contributed by atoms with E-state index in [1.165, 1.54) is 11.1 Å². The van der Waals surface area contributed by atoms with Gasteiger partial charge in [0.2, 0.25) is 0 Å². The Morgan fingerprint density at radius 3 is 2.83 bits per heavy atom. The van der Waals surface area contributed by atoms with Crippen LogP contribution in [-0.4, -0.2) is 11.5 Å². The first-order valence-electron chi connectivity index (χ1n) is 6.39. The molecule has 0 spiro atoms. The third-order valence-corrected chi connectivity index (χ3v) is 3.02. The van der Waals surface area contributed by atoms with Gasteiger partial charge in [-0.05, 0) is 43.7 Å². The molecule has 96 valence electrons. The molecule has 2 aromatic heterocycles. The molecule has 1 N–H and O–H groups in total. The minimum Gasteiger partial charge on any atom is -0.469 e. The van der Waals surface area contributed by atoms with Crippen molar-refractivity contribution in [3.05, 3.63) is 53.2 Å². The molecule has 0 amide bonds. The Morgan fingerprint density at radius 1 is 1.39 bits per heavy atom. The van der Waals surface area contributed by atoms with Crippen molar-refractivity contribution in [3.8, 4) is 0 Å². The highest BCUT2D eigenvalue weighted by molar-refractivity contribution is 5.26. The van der Waals surface area contributed by atoms with Crippen LogP contribution in [0.4, 0.5) is 0 Å². The van der Waals surface area contributed by atoms with Crippen molar-refractivity contribution in [1.82, 2.24) is 10.3 Å². The van der Waals surface area contributed by atoms with Crippen molar-refractivity contribution < 1.29 is 4.42 Å². The number of rotatable bonds is 5. The van der Waals surface area contributed by atoms with E-state index in [9.17, 15) is 0 Å². The summed E-state index contributed by atoms with van der Waals surface area (Å²) in [4.78, 5) is 4.57. The van der Waals surface area contributed by atoms with Gasteiger partial charge in [-0.3, -0.25) is 4.98 Å². The molecule has 3 heteroatoms. The standard InChI is InChI=1S/C15H20N2O/c1-4-16-14(9-13-6-5-7-18-13)15-12(3)8-11(2)10-17-15/h5-8,10,14,16H,4,9H2,1-3H3. The van der Waals surface area contributed by atoms with Gasteiger partial charge in [0.25, 0.3) is 0 Å². The van der Waals surface area contributed by atoms with E-state index in [1.807, 2.05) is 18.3 Å². The fourth-order valence-corrected chi connectivity index (χ4v) is 2.23. The van der Waals surface area contributed by atoms with Crippen molar-refractivity contribution in [2.75, 3.05) is 6.54 Å². The molecular formula is C15H20N2O. The number of hydrogen-bond donors (Lipinski definition) is 1. The lowest BCUT2D eigenvalue weighted by atomic mass is 10.0. The first-order chi connectivity index (χ1) is 8.70. The van der Waals surface area contributed by atoms with E-state index in [0.29, 0.717) is 0 Å². The number of aromatic nitrogens is 1. The van der Waals surface area contributed by atoms with Gasteiger partial charge in [-0.1, -0.05) is 13.0 Å². The Morgan fingerprint density at radius 2 is 2.22 bits per heavy atom. The van der Waals surface area contributed by atoms with E-state index >= 15 is 0 Å². The molecular weight excluding hydrogens is 224 g/mol. The maximum atomic E-state index is 5.43. The lowest BCUT2D eigenvalue weighted by Gasteiger charge is -2.18. The molecule has 0 bridgehead atoms. The molecule has 18 heavy (non-hydrogen) atoms. The molecule has 0 fully saturated rings. The van der Waals surface area contributed by atoms with Crippen LogP contribution in [0, 0.1) is 13.8 Å². The van der Waals surface area contributed by atoms with E-state index in [0.717, 1.165) is 24.4 Å². The summed E-state index contributed by atoms with van der Waals surface area (Å²) in [5, 5.41) is 3.47. The monoisotopic (exact) mass is 244 g/mol. The average Bonchev–Trinajstić information content (AvgIpc) is 2.81. The molecule has 0 saturated heterocycles. The number of furan rings is 1. The normalized spacial score (nSPS) is 12.6. The van der Waals surface area contributed by atoms with Crippen molar-refractivity contribution >= 4 is 0 Å². The highest BCUT2D eigenvalue weighted by Gasteiger charge is 2.16. The first-order valence-corrected chi connectivity index (χ1v) is 6.39. The van der Waals surface area contributed by atoms with Gasteiger partial charge in [0.15, 0.2) is 0 Å². The van der Waals surface area contributed by atoms with Gasteiger partial charge in [-0.25, -0.2) is 0 Å². The fraction of sp³-hybridized carbons (Fsp3) is 0.400. The molecule has 3 nitrogen and oxygen atoms in total. The van der Waals surface area contributed by atoms with E-state index in [2.05, 4.69) is 37.1 Å². The highest BCUT2D eigenvalue weighted by atomic mass is 16.3. The zero-order valence-corrected chi connectivity index (χ0v) is 11.2. The molecule has 2 heterocycles. The van der Waals surface area contributed by atoms with Crippen LogP contribution in [0.5, 0.6) is 0 Å². The molecule has 0 radical (unpaired) electrons. The number of nitrogens with one attached hydrogen (secondary N) is 1. The maximum Gasteiger partial charge on any atom is 0.105 e. The van der Waals surface area contributed by atoms with Crippen LogP contribution in [0.25, 0.3) is 0 Å². The van der Waals surface area contributed by atoms with Gasteiger partial charge >= 0.3 is 0 Å². The Labute approximate surface area is 108 Å². The van der Waals surface area contributed by atoms with Gasteiger partial charge in [0.05, 0.1) is 18.0 Å². The minimum atomic E-state index is 0.210. The number of nitrogens with zero attached hydrogens (tertiary/aromatic N) is 1. The molecule has 2 aromatic rings. The van der Waals surface area contributed by atoms with Crippen LogP contribution in [-0.2, 0) is 6.42 Å². The summed E-state index contributed by atoms with van der Waals surface area (Å²) in [6.45, 7) is 7.21. The van der Waals surface area contributed by atoms with Crippen molar-refractivity contribution in [2.24, 2.45) is 0 Å². The second-order valence-corrected chi connectivity index (χ2v) is 4.61. The number of aryl methyl sites for hydroxylation is 2. The zero-order valence-electron chi connectivity index (χ0n) is 11.2. The first kappa shape index (κ1) is 12.8.